The molecule has 0 saturated carbocycles. The molecule has 1 rings (SSSR count). The van der Waals surface area contributed by atoms with Crippen molar-refractivity contribution in [2.24, 2.45) is 0 Å². The first-order chi connectivity index (χ1) is 8.93. The highest BCUT2D eigenvalue weighted by Crippen LogP contribution is 2.10. The number of nitrogens with zero attached hydrogens (tertiary/aromatic N) is 1. The Morgan fingerprint density at radius 1 is 1.32 bits per heavy atom. The second-order valence-electron chi connectivity index (χ2n) is 4.21. The summed E-state index contributed by atoms with van der Waals surface area (Å²) in [6.45, 7) is 0.355. The van der Waals surface area contributed by atoms with E-state index in [1.165, 1.54) is 7.05 Å². The number of hydrogen-bond donors (Lipinski definition) is 1. The Morgan fingerprint density at radius 2 is 2.00 bits per heavy atom. The lowest BCUT2D eigenvalue weighted by Crippen LogP contribution is -2.30. The van der Waals surface area contributed by atoms with E-state index in [1.54, 1.807) is 11.9 Å². The summed E-state index contributed by atoms with van der Waals surface area (Å²) in [6.07, 6.45) is 0.256. The Bertz CT molecular complexity index is 478. The van der Waals surface area contributed by atoms with Crippen LogP contribution in [-0.2, 0) is 4.79 Å². The van der Waals surface area contributed by atoms with Crippen molar-refractivity contribution < 1.29 is 18.4 Å². The van der Waals surface area contributed by atoms with Gasteiger partial charge in [-0.05, 0) is 19.2 Å². The number of ketones is 1. The van der Waals surface area contributed by atoms with Gasteiger partial charge < -0.3 is 5.32 Å². The minimum atomic E-state index is -0.871. The smallest absolute Gasteiger partial charge is 0.221 e. The number of carbonyl (C=O) groups excluding carboxylic acids is 2. The molecule has 0 aromatic heterocycles. The van der Waals surface area contributed by atoms with E-state index in [4.69, 9.17) is 0 Å². The fourth-order valence-electron chi connectivity index (χ4n) is 1.54. The molecule has 0 aliphatic heterocycles. The molecule has 0 unspecified atom stereocenters. The van der Waals surface area contributed by atoms with Crippen LogP contribution in [0.2, 0.25) is 0 Å². The van der Waals surface area contributed by atoms with E-state index in [1.807, 2.05) is 0 Å². The van der Waals surface area contributed by atoms with Crippen molar-refractivity contribution in [3.63, 3.8) is 0 Å². The Labute approximate surface area is 110 Å². The first-order valence-corrected chi connectivity index (χ1v) is 5.81. The van der Waals surface area contributed by atoms with Crippen LogP contribution in [0.15, 0.2) is 18.2 Å². The summed E-state index contributed by atoms with van der Waals surface area (Å²) in [4.78, 5) is 24.4. The van der Waals surface area contributed by atoms with E-state index in [9.17, 15) is 18.4 Å². The maximum absolute atomic E-state index is 13.4. The first-order valence-electron chi connectivity index (χ1n) is 5.81. The van der Waals surface area contributed by atoms with Gasteiger partial charge in [0.15, 0.2) is 5.78 Å². The van der Waals surface area contributed by atoms with Gasteiger partial charge in [0.25, 0.3) is 0 Å². The number of nitrogens with one attached hydrogen (secondary N) is 1. The van der Waals surface area contributed by atoms with Gasteiger partial charge in [0.05, 0.1) is 12.1 Å². The molecule has 0 heterocycles. The lowest BCUT2D eigenvalue weighted by molar-refractivity contribution is -0.120. The zero-order valence-electron chi connectivity index (χ0n) is 10.9. The molecule has 0 saturated heterocycles. The third-order valence-corrected chi connectivity index (χ3v) is 2.64. The standard InChI is InChI=1S/C13H16F2N2O2/c1-16-13(19)5-6-17(2)8-12(18)10-4-3-9(14)7-11(10)15/h3-4,7H,5-6,8H2,1-2H3,(H,16,19). The van der Waals surface area contributed by atoms with Gasteiger partial charge in [-0.25, -0.2) is 8.78 Å². The minimum absolute atomic E-state index is 0.0282. The molecular formula is C13H16F2N2O2. The highest BCUT2D eigenvalue weighted by Gasteiger charge is 2.14. The average Bonchev–Trinajstić information content (AvgIpc) is 2.35. The van der Waals surface area contributed by atoms with Gasteiger partial charge in [-0.1, -0.05) is 0 Å². The second kappa shape index (κ2) is 6.94. The monoisotopic (exact) mass is 270 g/mol. The van der Waals surface area contributed by atoms with Crippen LogP contribution in [0.5, 0.6) is 0 Å². The van der Waals surface area contributed by atoms with Crippen LogP contribution in [0.1, 0.15) is 16.8 Å². The van der Waals surface area contributed by atoms with Gasteiger partial charge >= 0.3 is 0 Å². The van der Waals surface area contributed by atoms with Crippen molar-refractivity contribution in [3.8, 4) is 0 Å². The van der Waals surface area contributed by atoms with Crippen molar-refractivity contribution in [2.45, 2.75) is 6.42 Å². The molecule has 0 radical (unpaired) electrons. The van der Waals surface area contributed by atoms with Gasteiger partial charge in [-0.3, -0.25) is 14.5 Å². The Kier molecular flexibility index (Phi) is 5.57. The summed E-state index contributed by atoms with van der Waals surface area (Å²) in [6, 6.07) is 2.85. The molecule has 6 heteroatoms. The molecule has 0 spiro atoms. The van der Waals surface area contributed by atoms with Crippen molar-refractivity contribution in [1.82, 2.24) is 10.2 Å². The first kappa shape index (κ1) is 15.2. The molecule has 0 aliphatic rings. The SMILES string of the molecule is CNC(=O)CCN(C)CC(=O)c1ccc(F)cc1F. The topological polar surface area (TPSA) is 49.4 Å². The van der Waals surface area contributed by atoms with E-state index in [-0.39, 0.29) is 24.4 Å². The Balaban J connectivity index is 2.56. The van der Waals surface area contributed by atoms with E-state index in [0.29, 0.717) is 12.6 Å². The van der Waals surface area contributed by atoms with Crippen LogP contribution in [0.25, 0.3) is 0 Å². The Hall–Kier alpha value is -1.82. The number of amides is 1. The van der Waals surface area contributed by atoms with Crippen molar-refractivity contribution in [3.05, 3.63) is 35.4 Å². The van der Waals surface area contributed by atoms with E-state index >= 15 is 0 Å². The number of hydrogen-bond acceptors (Lipinski definition) is 3. The van der Waals surface area contributed by atoms with Crippen LogP contribution in [-0.4, -0.2) is 43.8 Å². The average molecular weight is 270 g/mol. The van der Waals surface area contributed by atoms with Crippen LogP contribution in [0.4, 0.5) is 8.78 Å². The highest BCUT2D eigenvalue weighted by atomic mass is 19.1. The molecule has 104 valence electrons. The lowest BCUT2D eigenvalue weighted by Gasteiger charge is -2.15. The largest absolute Gasteiger partial charge is 0.359 e. The Morgan fingerprint density at radius 3 is 2.58 bits per heavy atom. The molecule has 1 amide bonds. The predicted molar refractivity (Wildman–Crippen MR) is 66.9 cm³/mol. The number of Topliss-reactive ketones (excluding diaryl/α,β-unsaturated/α-hetero) is 1. The summed E-state index contributed by atoms with van der Waals surface area (Å²) >= 11 is 0. The van der Waals surface area contributed by atoms with Crippen LogP contribution in [0, 0.1) is 11.6 Å². The van der Waals surface area contributed by atoms with Crippen LogP contribution < -0.4 is 5.32 Å². The molecule has 1 aromatic rings. The summed E-state index contributed by atoms with van der Waals surface area (Å²) < 4.78 is 26.1. The maximum atomic E-state index is 13.4. The molecule has 0 bridgehead atoms. The summed E-state index contributed by atoms with van der Waals surface area (Å²) in [5.41, 5.74) is -0.145. The third-order valence-electron chi connectivity index (χ3n) is 2.64. The van der Waals surface area contributed by atoms with Gasteiger partial charge in [0.2, 0.25) is 5.91 Å². The molecule has 0 atom stereocenters. The van der Waals surface area contributed by atoms with Crippen LogP contribution >= 0.6 is 0 Å². The molecule has 0 fully saturated rings. The van der Waals surface area contributed by atoms with Gasteiger partial charge in [-0.2, -0.15) is 0 Å². The molecule has 0 aliphatic carbocycles. The number of likely N-dealkylation sites (N-methyl/N-ethyl adjacent to an activating group) is 1. The van der Waals surface area contributed by atoms with Crippen molar-refractivity contribution in [1.29, 1.82) is 0 Å². The van der Waals surface area contributed by atoms with Crippen molar-refractivity contribution >= 4 is 11.7 Å². The quantitative estimate of drug-likeness (QED) is 0.791. The normalized spacial score (nSPS) is 10.6. The summed E-state index contributed by atoms with van der Waals surface area (Å²) in [7, 11) is 3.18. The predicted octanol–water partition coefficient (Wildman–Crippen LogP) is 1.22. The van der Waals surface area contributed by atoms with Gasteiger partial charge in [-0.15, -0.1) is 0 Å². The fraction of sp³-hybridized carbons (Fsp3) is 0.385. The second-order valence-corrected chi connectivity index (χ2v) is 4.21. The van der Waals surface area contributed by atoms with E-state index in [0.717, 1.165) is 12.1 Å². The van der Waals surface area contributed by atoms with Crippen LogP contribution in [0.3, 0.4) is 0 Å². The summed E-state index contributed by atoms with van der Waals surface area (Å²) in [5, 5.41) is 2.47. The summed E-state index contributed by atoms with van der Waals surface area (Å²) in [5.74, 6) is -2.17. The zero-order chi connectivity index (χ0) is 14.4. The number of halogens is 2. The van der Waals surface area contributed by atoms with E-state index < -0.39 is 17.4 Å². The zero-order valence-corrected chi connectivity index (χ0v) is 10.9. The van der Waals surface area contributed by atoms with E-state index in [2.05, 4.69) is 5.32 Å². The third kappa shape index (κ3) is 4.75. The molecule has 19 heavy (non-hydrogen) atoms. The van der Waals surface area contributed by atoms with Gasteiger partial charge in [0.1, 0.15) is 11.6 Å². The highest BCUT2D eigenvalue weighted by molar-refractivity contribution is 5.97. The molecule has 4 nitrogen and oxygen atoms in total. The van der Waals surface area contributed by atoms with Crippen molar-refractivity contribution in [2.75, 3.05) is 27.2 Å². The number of rotatable bonds is 6. The van der Waals surface area contributed by atoms with Gasteiger partial charge in [0, 0.05) is 26.1 Å². The number of benzene rings is 1. The molecule has 1 N–H and O–H groups in total. The number of carbonyl (C=O) groups is 2. The minimum Gasteiger partial charge on any atom is -0.359 e. The lowest BCUT2D eigenvalue weighted by atomic mass is 10.1. The molecule has 1 aromatic carbocycles. The molecular weight excluding hydrogens is 254 g/mol. The maximum Gasteiger partial charge on any atom is 0.221 e. The fourth-order valence-corrected chi connectivity index (χ4v) is 1.54.